The molecular formula is C19H25NO. The zero-order valence-electron chi connectivity index (χ0n) is 13.2. The number of methoxy groups -OCH3 is 1. The van der Waals surface area contributed by atoms with Gasteiger partial charge in [0.25, 0.3) is 0 Å². The van der Waals surface area contributed by atoms with Gasteiger partial charge in [-0.15, -0.1) is 0 Å². The quantitative estimate of drug-likeness (QED) is 0.815. The molecule has 2 rings (SSSR count). The maximum Gasteiger partial charge on any atom is 0.118 e. The second-order valence-corrected chi connectivity index (χ2v) is 5.46. The van der Waals surface area contributed by atoms with Crippen LogP contribution >= 0.6 is 0 Å². The third kappa shape index (κ3) is 4.61. The first-order valence-electron chi connectivity index (χ1n) is 7.66. The van der Waals surface area contributed by atoms with E-state index in [-0.39, 0.29) is 0 Å². The Morgan fingerprint density at radius 2 is 1.67 bits per heavy atom. The Kier molecular flexibility index (Phi) is 5.82. The van der Waals surface area contributed by atoms with Crippen molar-refractivity contribution in [3.05, 3.63) is 65.7 Å². The highest BCUT2D eigenvalue weighted by Crippen LogP contribution is 2.19. The van der Waals surface area contributed by atoms with E-state index in [1.54, 1.807) is 7.11 Å². The molecule has 0 spiro atoms. The zero-order valence-corrected chi connectivity index (χ0v) is 13.2. The van der Waals surface area contributed by atoms with Crippen LogP contribution in [0.3, 0.4) is 0 Å². The van der Waals surface area contributed by atoms with Crippen LogP contribution in [0.25, 0.3) is 0 Å². The van der Waals surface area contributed by atoms with E-state index in [4.69, 9.17) is 4.74 Å². The fraction of sp³-hybridized carbons (Fsp3) is 0.368. The Hall–Kier alpha value is -1.80. The lowest BCUT2D eigenvalue weighted by Gasteiger charge is -2.23. The summed E-state index contributed by atoms with van der Waals surface area (Å²) in [4.78, 5) is 0. The summed E-state index contributed by atoms with van der Waals surface area (Å²) >= 11 is 0. The molecule has 0 aliphatic rings. The minimum absolute atomic E-state index is 0.338. The Labute approximate surface area is 128 Å². The van der Waals surface area contributed by atoms with Crippen molar-refractivity contribution in [1.29, 1.82) is 0 Å². The molecule has 2 atom stereocenters. The lowest BCUT2D eigenvalue weighted by atomic mass is 10.0. The third-order valence-electron chi connectivity index (χ3n) is 3.92. The molecule has 0 aromatic heterocycles. The summed E-state index contributed by atoms with van der Waals surface area (Å²) in [6, 6.07) is 19.8. The minimum atomic E-state index is 0.338. The standard InChI is InChI=1S/C19H25NO/c1-4-18(14-16-8-6-5-7-9-16)20-15(2)17-10-12-19(21-3)13-11-17/h5-13,15,18,20H,4,14H2,1-3H3/t15-,18?/m0/s1. The Morgan fingerprint density at radius 1 is 1.00 bits per heavy atom. The molecule has 2 nitrogen and oxygen atoms in total. The van der Waals surface area contributed by atoms with Gasteiger partial charge in [-0.25, -0.2) is 0 Å². The molecule has 0 saturated carbocycles. The highest BCUT2D eigenvalue weighted by molar-refractivity contribution is 5.29. The first kappa shape index (κ1) is 15.6. The molecule has 2 aromatic rings. The van der Waals surface area contributed by atoms with Crippen LogP contribution in [0.1, 0.15) is 37.4 Å². The summed E-state index contributed by atoms with van der Waals surface area (Å²) in [5, 5.41) is 3.73. The Morgan fingerprint density at radius 3 is 2.24 bits per heavy atom. The molecule has 0 amide bonds. The first-order valence-corrected chi connectivity index (χ1v) is 7.66. The summed E-state index contributed by atoms with van der Waals surface area (Å²) < 4.78 is 5.21. The number of benzene rings is 2. The van der Waals surface area contributed by atoms with Gasteiger partial charge in [0.15, 0.2) is 0 Å². The average molecular weight is 283 g/mol. The molecule has 0 aliphatic carbocycles. The van der Waals surface area contributed by atoms with Gasteiger partial charge in [-0.05, 0) is 43.0 Å². The number of hydrogen-bond donors (Lipinski definition) is 1. The van der Waals surface area contributed by atoms with Gasteiger partial charge in [0, 0.05) is 12.1 Å². The SMILES string of the molecule is CCC(Cc1ccccc1)N[C@@H](C)c1ccc(OC)cc1. The molecule has 2 aromatic carbocycles. The summed E-state index contributed by atoms with van der Waals surface area (Å²) in [5.41, 5.74) is 2.68. The number of rotatable bonds is 7. The van der Waals surface area contributed by atoms with Crippen molar-refractivity contribution < 1.29 is 4.74 Å². The van der Waals surface area contributed by atoms with Crippen LogP contribution in [0.5, 0.6) is 5.75 Å². The topological polar surface area (TPSA) is 21.3 Å². The first-order chi connectivity index (χ1) is 10.2. The highest BCUT2D eigenvalue weighted by Gasteiger charge is 2.12. The molecule has 112 valence electrons. The normalized spacial score (nSPS) is 13.7. The number of nitrogens with one attached hydrogen (secondary N) is 1. The average Bonchev–Trinajstić information content (AvgIpc) is 2.55. The summed E-state index contributed by atoms with van der Waals surface area (Å²) in [6.07, 6.45) is 2.19. The predicted molar refractivity (Wildman–Crippen MR) is 88.8 cm³/mol. The zero-order chi connectivity index (χ0) is 15.1. The van der Waals surface area contributed by atoms with Gasteiger partial charge < -0.3 is 10.1 Å². The largest absolute Gasteiger partial charge is 0.497 e. The maximum atomic E-state index is 5.21. The fourth-order valence-electron chi connectivity index (χ4n) is 2.56. The molecule has 1 unspecified atom stereocenters. The molecule has 21 heavy (non-hydrogen) atoms. The van der Waals surface area contributed by atoms with E-state index in [1.807, 2.05) is 12.1 Å². The molecule has 0 radical (unpaired) electrons. The lowest BCUT2D eigenvalue weighted by Crippen LogP contribution is -2.32. The van der Waals surface area contributed by atoms with Gasteiger partial charge >= 0.3 is 0 Å². The van der Waals surface area contributed by atoms with Crippen molar-refractivity contribution in [3.63, 3.8) is 0 Å². The number of ether oxygens (including phenoxy) is 1. The third-order valence-corrected chi connectivity index (χ3v) is 3.92. The van der Waals surface area contributed by atoms with Gasteiger partial charge in [0.1, 0.15) is 5.75 Å². The predicted octanol–water partition coefficient (Wildman–Crippen LogP) is 4.37. The molecule has 0 aliphatic heterocycles. The molecule has 0 bridgehead atoms. The van der Waals surface area contributed by atoms with Crippen LogP contribution < -0.4 is 10.1 Å². The summed E-state index contributed by atoms with van der Waals surface area (Å²) in [6.45, 7) is 4.46. The van der Waals surface area contributed by atoms with E-state index < -0.39 is 0 Å². The van der Waals surface area contributed by atoms with Crippen molar-refractivity contribution in [2.75, 3.05) is 7.11 Å². The lowest BCUT2D eigenvalue weighted by molar-refractivity contribution is 0.413. The summed E-state index contributed by atoms with van der Waals surface area (Å²) in [5.74, 6) is 0.905. The maximum absolute atomic E-state index is 5.21. The van der Waals surface area contributed by atoms with Crippen molar-refractivity contribution in [3.8, 4) is 5.75 Å². The van der Waals surface area contributed by atoms with Crippen LogP contribution in [0.15, 0.2) is 54.6 Å². The Bertz CT molecular complexity index is 521. The van der Waals surface area contributed by atoms with E-state index in [0.717, 1.165) is 18.6 Å². The van der Waals surface area contributed by atoms with Crippen molar-refractivity contribution in [1.82, 2.24) is 5.32 Å². The smallest absolute Gasteiger partial charge is 0.118 e. The van der Waals surface area contributed by atoms with Crippen molar-refractivity contribution >= 4 is 0 Å². The summed E-state index contributed by atoms with van der Waals surface area (Å²) in [7, 11) is 1.70. The van der Waals surface area contributed by atoms with Crippen LogP contribution in [0.4, 0.5) is 0 Å². The van der Waals surface area contributed by atoms with Crippen molar-refractivity contribution in [2.24, 2.45) is 0 Å². The molecule has 0 fully saturated rings. The van der Waals surface area contributed by atoms with E-state index in [2.05, 4.69) is 61.6 Å². The highest BCUT2D eigenvalue weighted by atomic mass is 16.5. The van der Waals surface area contributed by atoms with Gasteiger partial charge in [0.2, 0.25) is 0 Å². The molecule has 2 heteroatoms. The second-order valence-electron chi connectivity index (χ2n) is 5.46. The second kappa shape index (κ2) is 7.84. The molecule has 1 N–H and O–H groups in total. The van der Waals surface area contributed by atoms with E-state index in [0.29, 0.717) is 12.1 Å². The van der Waals surface area contributed by atoms with E-state index >= 15 is 0 Å². The molecular weight excluding hydrogens is 258 g/mol. The van der Waals surface area contributed by atoms with Gasteiger partial charge in [0.05, 0.1) is 7.11 Å². The van der Waals surface area contributed by atoms with Crippen LogP contribution in [0.2, 0.25) is 0 Å². The van der Waals surface area contributed by atoms with Crippen LogP contribution in [-0.2, 0) is 6.42 Å². The number of hydrogen-bond acceptors (Lipinski definition) is 2. The van der Waals surface area contributed by atoms with Crippen LogP contribution in [-0.4, -0.2) is 13.2 Å². The van der Waals surface area contributed by atoms with E-state index in [9.17, 15) is 0 Å². The van der Waals surface area contributed by atoms with E-state index in [1.165, 1.54) is 11.1 Å². The van der Waals surface area contributed by atoms with Gasteiger partial charge in [-0.3, -0.25) is 0 Å². The minimum Gasteiger partial charge on any atom is -0.497 e. The molecule has 0 saturated heterocycles. The Balaban J connectivity index is 1.96. The van der Waals surface area contributed by atoms with Crippen molar-refractivity contribution in [2.45, 2.75) is 38.8 Å². The van der Waals surface area contributed by atoms with Gasteiger partial charge in [-0.2, -0.15) is 0 Å². The van der Waals surface area contributed by atoms with Gasteiger partial charge in [-0.1, -0.05) is 49.4 Å². The monoisotopic (exact) mass is 283 g/mol. The fourth-order valence-corrected chi connectivity index (χ4v) is 2.56. The molecule has 0 heterocycles. The van der Waals surface area contributed by atoms with Crippen LogP contribution in [0, 0.1) is 0 Å².